The van der Waals surface area contributed by atoms with Crippen molar-refractivity contribution in [2.45, 2.75) is 45.8 Å². The molecule has 2 heterocycles. The van der Waals surface area contributed by atoms with E-state index in [9.17, 15) is 0 Å². The Morgan fingerprint density at radius 2 is 1.71 bits per heavy atom. The van der Waals surface area contributed by atoms with Gasteiger partial charge < -0.3 is 15.1 Å². The second-order valence-electron chi connectivity index (χ2n) is 5.92. The van der Waals surface area contributed by atoms with Crippen molar-refractivity contribution in [1.29, 1.82) is 0 Å². The first-order valence-corrected chi connectivity index (χ1v) is 8.77. The van der Waals surface area contributed by atoms with Crippen molar-refractivity contribution in [3.63, 3.8) is 0 Å². The second-order valence-corrected chi connectivity index (χ2v) is 6.54. The maximum absolute atomic E-state index is 3.49. The number of hydrogen-bond donors (Lipinski definition) is 1. The SMILES string of the molecule is CC.CN(C)C1CCN(c2ccc(P)c3c2CNC3)CC1. The number of nitrogens with zero attached hydrogens (tertiary/aromatic N) is 2. The lowest BCUT2D eigenvalue weighted by atomic mass is 10.0. The Morgan fingerprint density at radius 1 is 1.10 bits per heavy atom. The lowest BCUT2D eigenvalue weighted by molar-refractivity contribution is 0.249. The molecule has 0 aliphatic carbocycles. The molecule has 21 heavy (non-hydrogen) atoms. The summed E-state index contributed by atoms with van der Waals surface area (Å²) in [6.45, 7) is 8.42. The number of benzene rings is 1. The van der Waals surface area contributed by atoms with Gasteiger partial charge in [0.1, 0.15) is 0 Å². The smallest absolute Gasteiger partial charge is 0.0415 e. The summed E-state index contributed by atoms with van der Waals surface area (Å²) in [7, 11) is 7.27. The summed E-state index contributed by atoms with van der Waals surface area (Å²) in [4.78, 5) is 4.95. The Morgan fingerprint density at radius 3 is 2.33 bits per heavy atom. The minimum atomic E-state index is 0.753. The number of nitrogens with one attached hydrogen (secondary N) is 1. The zero-order valence-corrected chi connectivity index (χ0v) is 15.1. The molecule has 0 bridgehead atoms. The van der Waals surface area contributed by atoms with Gasteiger partial charge in [-0.25, -0.2) is 0 Å². The molecule has 2 aliphatic rings. The van der Waals surface area contributed by atoms with Crippen molar-refractivity contribution in [3.8, 4) is 0 Å². The van der Waals surface area contributed by atoms with E-state index in [1.54, 1.807) is 0 Å². The van der Waals surface area contributed by atoms with Crippen LogP contribution in [0.15, 0.2) is 12.1 Å². The Balaban J connectivity index is 0.000000774. The van der Waals surface area contributed by atoms with Gasteiger partial charge in [0.15, 0.2) is 0 Å². The van der Waals surface area contributed by atoms with Crippen LogP contribution >= 0.6 is 9.24 Å². The highest BCUT2D eigenvalue weighted by Gasteiger charge is 2.24. The molecule has 1 fully saturated rings. The van der Waals surface area contributed by atoms with Gasteiger partial charge in [0.2, 0.25) is 0 Å². The van der Waals surface area contributed by atoms with Crippen LogP contribution in [-0.4, -0.2) is 38.1 Å². The van der Waals surface area contributed by atoms with E-state index < -0.39 is 0 Å². The molecule has 1 N–H and O–H groups in total. The fraction of sp³-hybridized carbons (Fsp3) is 0.647. The van der Waals surface area contributed by atoms with Crippen LogP contribution in [0.3, 0.4) is 0 Å². The fourth-order valence-electron chi connectivity index (χ4n) is 3.34. The molecule has 1 aromatic carbocycles. The second kappa shape index (κ2) is 7.58. The van der Waals surface area contributed by atoms with Crippen molar-refractivity contribution in [2.75, 3.05) is 32.1 Å². The topological polar surface area (TPSA) is 18.5 Å². The van der Waals surface area contributed by atoms with Gasteiger partial charge in [-0.15, -0.1) is 9.24 Å². The van der Waals surface area contributed by atoms with E-state index in [1.807, 2.05) is 13.8 Å². The monoisotopic (exact) mass is 307 g/mol. The highest BCUT2D eigenvalue weighted by molar-refractivity contribution is 7.27. The standard InChI is InChI=1S/C15H24N3P.C2H6/c1-17(2)11-5-7-18(8-6-11)14-3-4-15(19)13-10-16-9-12(13)14;1-2/h3-4,11,16H,5-10,19H2,1-2H3;1-2H3. The van der Waals surface area contributed by atoms with Crippen LogP contribution in [0.25, 0.3) is 0 Å². The molecule has 0 amide bonds. The average Bonchev–Trinajstić information content (AvgIpc) is 3.00. The largest absolute Gasteiger partial charge is 0.371 e. The first-order valence-electron chi connectivity index (χ1n) is 8.19. The highest BCUT2D eigenvalue weighted by atomic mass is 31.0. The number of anilines is 1. The third kappa shape index (κ3) is 3.59. The molecule has 0 saturated carbocycles. The van der Waals surface area contributed by atoms with Gasteiger partial charge in [0.05, 0.1) is 0 Å². The van der Waals surface area contributed by atoms with Gasteiger partial charge >= 0.3 is 0 Å². The fourth-order valence-corrected chi connectivity index (χ4v) is 3.71. The number of rotatable bonds is 2. The molecule has 4 heteroatoms. The third-order valence-electron chi connectivity index (χ3n) is 4.58. The van der Waals surface area contributed by atoms with Crippen LogP contribution in [0, 0.1) is 0 Å². The van der Waals surface area contributed by atoms with E-state index in [0.717, 1.165) is 19.1 Å². The third-order valence-corrected chi connectivity index (χ3v) is 5.12. The molecule has 2 aliphatic heterocycles. The minimum absolute atomic E-state index is 0.753. The molecule has 1 atom stereocenters. The number of piperidine rings is 1. The Kier molecular flexibility index (Phi) is 6.04. The van der Waals surface area contributed by atoms with E-state index in [1.165, 1.54) is 48.0 Å². The van der Waals surface area contributed by atoms with Crippen molar-refractivity contribution in [1.82, 2.24) is 10.2 Å². The summed E-state index contributed by atoms with van der Waals surface area (Å²) >= 11 is 0. The molecule has 0 aromatic heterocycles. The van der Waals surface area contributed by atoms with Crippen LogP contribution in [0.2, 0.25) is 0 Å². The molecule has 3 nitrogen and oxygen atoms in total. The molecular formula is C17H30N3P. The lowest BCUT2D eigenvalue weighted by Crippen LogP contribution is -2.42. The van der Waals surface area contributed by atoms with E-state index in [-0.39, 0.29) is 0 Å². The summed E-state index contributed by atoms with van der Waals surface area (Å²) < 4.78 is 0. The van der Waals surface area contributed by atoms with E-state index >= 15 is 0 Å². The predicted molar refractivity (Wildman–Crippen MR) is 96.6 cm³/mol. The minimum Gasteiger partial charge on any atom is -0.371 e. The van der Waals surface area contributed by atoms with Crippen molar-refractivity contribution in [3.05, 3.63) is 23.3 Å². The van der Waals surface area contributed by atoms with Gasteiger partial charge in [0.25, 0.3) is 0 Å². The number of fused-ring (bicyclic) bond motifs is 1. The van der Waals surface area contributed by atoms with Gasteiger partial charge in [-0.1, -0.05) is 19.9 Å². The molecule has 118 valence electrons. The first kappa shape index (κ1) is 16.7. The van der Waals surface area contributed by atoms with E-state index in [4.69, 9.17) is 0 Å². The maximum Gasteiger partial charge on any atom is 0.0415 e. The Labute approximate surface area is 132 Å². The van der Waals surface area contributed by atoms with Crippen molar-refractivity contribution >= 4 is 20.2 Å². The normalized spacial score (nSPS) is 18.5. The van der Waals surface area contributed by atoms with Crippen LogP contribution in [-0.2, 0) is 13.1 Å². The van der Waals surface area contributed by atoms with Crippen LogP contribution < -0.4 is 15.5 Å². The molecule has 0 radical (unpaired) electrons. The van der Waals surface area contributed by atoms with E-state index in [2.05, 4.69) is 50.6 Å². The Bertz CT molecular complexity index is 465. The summed E-state index contributed by atoms with van der Waals surface area (Å²) in [5, 5.41) is 4.84. The molecule has 1 saturated heterocycles. The molecular weight excluding hydrogens is 277 g/mol. The predicted octanol–water partition coefficient (Wildman–Crippen LogP) is 2.35. The van der Waals surface area contributed by atoms with Gasteiger partial charge in [-0.05, 0) is 49.4 Å². The highest BCUT2D eigenvalue weighted by Crippen LogP contribution is 2.30. The van der Waals surface area contributed by atoms with Gasteiger partial charge in [-0.2, -0.15) is 0 Å². The van der Waals surface area contributed by atoms with Crippen LogP contribution in [0.5, 0.6) is 0 Å². The van der Waals surface area contributed by atoms with Gasteiger partial charge in [-0.3, -0.25) is 0 Å². The molecule has 1 unspecified atom stereocenters. The number of hydrogen-bond acceptors (Lipinski definition) is 3. The van der Waals surface area contributed by atoms with Gasteiger partial charge in [0, 0.05) is 37.9 Å². The van der Waals surface area contributed by atoms with Crippen molar-refractivity contribution < 1.29 is 0 Å². The van der Waals surface area contributed by atoms with Crippen LogP contribution in [0.4, 0.5) is 5.69 Å². The molecule has 1 aromatic rings. The quantitative estimate of drug-likeness (QED) is 0.846. The van der Waals surface area contributed by atoms with E-state index in [0.29, 0.717) is 0 Å². The molecule has 0 spiro atoms. The Hall–Kier alpha value is -0.630. The summed E-state index contributed by atoms with van der Waals surface area (Å²) in [6, 6.07) is 5.32. The average molecular weight is 307 g/mol. The lowest BCUT2D eigenvalue weighted by Gasteiger charge is -2.37. The zero-order valence-electron chi connectivity index (χ0n) is 13.9. The van der Waals surface area contributed by atoms with Crippen molar-refractivity contribution in [2.24, 2.45) is 0 Å². The summed E-state index contributed by atoms with van der Waals surface area (Å²) in [5.41, 5.74) is 4.48. The summed E-state index contributed by atoms with van der Waals surface area (Å²) in [6.07, 6.45) is 2.55. The summed E-state index contributed by atoms with van der Waals surface area (Å²) in [5.74, 6) is 0. The van der Waals surface area contributed by atoms with Crippen LogP contribution in [0.1, 0.15) is 37.8 Å². The zero-order chi connectivity index (χ0) is 15.4. The molecule has 3 rings (SSSR count). The maximum atomic E-state index is 3.49. The first-order chi connectivity index (χ1) is 10.2.